The van der Waals surface area contributed by atoms with Gasteiger partial charge in [-0.15, -0.1) is 0 Å². The van der Waals surface area contributed by atoms with Crippen molar-refractivity contribution in [1.82, 2.24) is 0 Å². The summed E-state index contributed by atoms with van der Waals surface area (Å²) in [5.74, 6) is -5.08. The second kappa shape index (κ2) is 4.35. The highest BCUT2D eigenvalue weighted by atomic mass is 35.5. The number of carbonyl (C=O) groups is 2. The quantitative estimate of drug-likeness (QED) is 0.812. The van der Waals surface area contributed by atoms with Crippen LogP contribution in [0.2, 0.25) is 5.02 Å². The number of ketones is 1. The third-order valence-electron chi connectivity index (χ3n) is 1.68. The minimum Gasteiger partial charge on any atom is -0.475 e. The van der Waals surface area contributed by atoms with Crippen molar-refractivity contribution in [2.45, 2.75) is 6.42 Å². The highest BCUT2D eigenvalue weighted by Crippen LogP contribution is 2.19. The second-order valence-electron chi connectivity index (χ2n) is 2.75. The first-order valence-electron chi connectivity index (χ1n) is 3.81. The summed E-state index contributed by atoms with van der Waals surface area (Å²) in [4.78, 5) is 20.9. The predicted octanol–water partition coefficient (Wildman–Crippen LogP) is 1.81. The lowest BCUT2D eigenvalue weighted by molar-refractivity contribution is -0.148. The number of rotatable bonds is 3. The van der Waals surface area contributed by atoms with Crippen LogP contribution in [0, 0.1) is 11.6 Å². The number of hydrogen-bond donors (Lipinski definition) is 1. The number of carboxylic acid groups (broad SMARTS) is 1. The molecule has 0 fully saturated rings. The van der Waals surface area contributed by atoms with Crippen LogP contribution in [0.15, 0.2) is 12.1 Å². The molecule has 6 heteroatoms. The van der Waals surface area contributed by atoms with Gasteiger partial charge in [-0.1, -0.05) is 11.6 Å². The third-order valence-corrected chi connectivity index (χ3v) is 1.90. The molecule has 1 aromatic carbocycles. The molecule has 0 bridgehead atoms. The lowest BCUT2D eigenvalue weighted by Gasteiger charge is -2.02. The van der Waals surface area contributed by atoms with Gasteiger partial charge in [0, 0.05) is 17.0 Å². The van der Waals surface area contributed by atoms with Crippen LogP contribution in [-0.2, 0) is 16.0 Å². The van der Waals surface area contributed by atoms with E-state index in [1.807, 2.05) is 0 Å². The molecule has 0 aliphatic rings. The maximum absolute atomic E-state index is 13.1. The van der Waals surface area contributed by atoms with E-state index in [4.69, 9.17) is 16.7 Å². The normalized spacial score (nSPS) is 10.1. The van der Waals surface area contributed by atoms with Gasteiger partial charge >= 0.3 is 5.97 Å². The van der Waals surface area contributed by atoms with Gasteiger partial charge in [0.15, 0.2) is 0 Å². The first-order chi connectivity index (χ1) is 6.91. The number of halogens is 3. The molecule has 1 rings (SSSR count). The van der Waals surface area contributed by atoms with Crippen LogP contribution in [0.4, 0.5) is 8.78 Å². The fourth-order valence-corrected chi connectivity index (χ4v) is 1.17. The maximum atomic E-state index is 13.1. The van der Waals surface area contributed by atoms with Crippen LogP contribution in [0.3, 0.4) is 0 Å². The fourth-order valence-electron chi connectivity index (χ4n) is 0.977. The molecule has 0 saturated carbocycles. The summed E-state index contributed by atoms with van der Waals surface area (Å²) in [7, 11) is 0. The molecule has 3 nitrogen and oxygen atoms in total. The topological polar surface area (TPSA) is 54.4 Å². The minimum absolute atomic E-state index is 0.156. The number of carboxylic acids is 1. The molecule has 0 unspecified atom stereocenters. The molecule has 80 valence electrons. The van der Waals surface area contributed by atoms with Crippen LogP contribution in [-0.4, -0.2) is 16.9 Å². The van der Waals surface area contributed by atoms with Gasteiger partial charge in [0.2, 0.25) is 5.78 Å². The van der Waals surface area contributed by atoms with Crippen LogP contribution in [0.25, 0.3) is 0 Å². The molecule has 0 aliphatic heterocycles. The van der Waals surface area contributed by atoms with Crippen molar-refractivity contribution in [3.63, 3.8) is 0 Å². The summed E-state index contributed by atoms with van der Waals surface area (Å²) in [6.45, 7) is 0. The molecule has 1 N–H and O–H groups in total. The van der Waals surface area contributed by atoms with Crippen LogP contribution >= 0.6 is 11.6 Å². The van der Waals surface area contributed by atoms with E-state index in [-0.39, 0.29) is 5.02 Å². The molecule has 0 saturated heterocycles. The van der Waals surface area contributed by atoms with Crippen LogP contribution in [0.5, 0.6) is 0 Å². The van der Waals surface area contributed by atoms with Gasteiger partial charge < -0.3 is 5.11 Å². The highest BCUT2D eigenvalue weighted by Gasteiger charge is 2.18. The number of aliphatic carboxylic acids is 1. The smallest absolute Gasteiger partial charge is 0.372 e. The van der Waals surface area contributed by atoms with Crippen molar-refractivity contribution in [2.24, 2.45) is 0 Å². The molecule has 1 aromatic rings. The lowest BCUT2D eigenvalue weighted by Crippen LogP contribution is -2.16. The number of Topliss-reactive ketones (excluding diaryl/α,β-unsaturated/α-hetero) is 1. The van der Waals surface area contributed by atoms with Gasteiger partial charge in [-0.25, -0.2) is 13.6 Å². The maximum Gasteiger partial charge on any atom is 0.372 e. The zero-order valence-corrected chi connectivity index (χ0v) is 8.02. The highest BCUT2D eigenvalue weighted by molar-refractivity contribution is 6.33. The van der Waals surface area contributed by atoms with Gasteiger partial charge in [-0.05, 0) is 12.1 Å². The van der Waals surface area contributed by atoms with E-state index in [1.54, 1.807) is 0 Å². The van der Waals surface area contributed by atoms with E-state index in [2.05, 4.69) is 0 Å². The molecule has 0 aliphatic carbocycles. The van der Waals surface area contributed by atoms with Crippen molar-refractivity contribution in [1.29, 1.82) is 0 Å². The van der Waals surface area contributed by atoms with Crippen molar-refractivity contribution < 1.29 is 23.5 Å². The summed E-state index contributed by atoms with van der Waals surface area (Å²) >= 11 is 5.34. The van der Waals surface area contributed by atoms with Gasteiger partial charge in [-0.2, -0.15) is 0 Å². The Balaban J connectivity index is 3.05. The summed E-state index contributed by atoms with van der Waals surface area (Å²) in [5, 5.41) is 8.10. The minimum atomic E-state index is -1.73. The molecular weight excluding hydrogens is 230 g/mol. The predicted molar refractivity (Wildman–Crippen MR) is 47.7 cm³/mol. The Labute approximate surface area is 88.3 Å². The molecule has 0 amide bonds. The average molecular weight is 235 g/mol. The zero-order valence-electron chi connectivity index (χ0n) is 7.26. The van der Waals surface area contributed by atoms with E-state index in [9.17, 15) is 18.4 Å². The molecule has 0 radical (unpaired) electrons. The zero-order chi connectivity index (χ0) is 11.6. The van der Waals surface area contributed by atoms with Crippen molar-refractivity contribution in [3.8, 4) is 0 Å². The standard InChI is InChI=1S/C9H5ClF2O3/c10-4-1-6(11)5(7(12)2-4)3-8(13)9(14)15/h1-2H,3H2,(H,14,15). The number of benzene rings is 1. The third kappa shape index (κ3) is 2.73. The average Bonchev–Trinajstić information content (AvgIpc) is 2.10. The largest absolute Gasteiger partial charge is 0.475 e. The summed E-state index contributed by atoms with van der Waals surface area (Å²) < 4.78 is 26.1. The lowest BCUT2D eigenvalue weighted by atomic mass is 10.1. The molecule has 0 spiro atoms. The number of hydrogen-bond acceptors (Lipinski definition) is 2. The summed E-state index contributed by atoms with van der Waals surface area (Å²) in [5.41, 5.74) is -0.591. The molecule has 0 heterocycles. The second-order valence-corrected chi connectivity index (χ2v) is 3.19. The Morgan fingerprint density at radius 2 is 1.73 bits per heavy atom. The Bertz CT molecular complexity index is 408. The van der Waals surface area contributed by atoms with Crippen molar-refractivity contribution in [2.75, 3.05) is 0 Å². The van der Waals surface area contributed by atoms with Gasteiger partial charge in [0.05, 0.1) is 0 Å². The van der Waals surface area contributed by atoms with Crippen molar-refractivity contribution >= 4 is 23.4 Å². The van der Waals surface area contributed by atoms with Gasteiger partial charge in [0.25, 0.3) is 0 Å². The Kier molecular flexibility index (Phi) is 3.36. The Morgan fingerprint density at radius 3 is 2.13 bits per heavy atom. The van der Waals surface area contributed by atoms with E-state index in [0.29, 0.717) is 0 Å². The fraction of sp³-hybridized carbons (Fsp3) is 0.111. The summed E-state index contributed by atoms with van der Waals surface area (Å²) in [6.07, 6.45) is -0.829. The van der Waals surface area contributed by atoms with E-state index in [0.717, 1.165) is 12.1 Å². The molecule has 15 heavy (non-hydrogen) atoms. The van der Waals surface area contributed by atoms with Crippen LogP contribution in [0.1, 0.15) is 5.56 Å². The first kappa shape index (κ1) is 11.6. The summed E-state index contributed by atoms with van der Waals surface area (Å²) in [6, 6.07) is 1.63. The van der Waals surface area contributed by atoms with E-state index >= 15 is 0 Å². The van der Waals surface area contributed by atoms with E-state index in [1.165, 1.54) is 0 Å². The molecular formula is C9H5ClF2O3. The first-order valence-corrected chi connectivity index (χ1v) is 4.19. The van der Waals surface area contributed by atoms with Gasteiger partial charge in [-0.3, -0.25) is 4.79 Å². The molecule has 0 aromatic heterocycles. The monoisotopic (exact) mass is 234 g/mol. The van der Waals surface area contributed by atoms with Crippen molar-refractivity contribution in [3.05, 3.63) is 34.4 Å². The van der Waals surface area contributed by atoms with Crippen LogP contribution < -0.4 is 0 Å². The van der Waals surface area contributed by atoms with Gasteiger partial charge in [0.1, 0.15) is 11.6 Å². The SMILES string of the molecule is O=C(O)C(=O)Cc1c(F)cc(Cl)cc1F. The Morgan fingerprint density at radius 1 is 1.27 bits per heavy atom. The Hall–Kier alpha value is -1.49. The number of carbonyl (C=O) groups excluding carboxylic acids is 1. The van der Waals surface area contributed by atoms with E-state index < -0.39 is 35.4 Å². The molecule has 0 atom stereocenters.